The monoisotopic (exact) mass is 414 g/mol. The number of carbonyl (C=O) groups excluding carboxylic acids is 3. The van der Waals surface area contributed by atoms with Gasteiger partial charge < -0.3 is 10.1 Å². The molecule has 0 aromatic heterocycles. The van der Waals surface area contributed by atoms with Gasteiger partial charge in [0.2, 0.25) is 0 Å². The minimum atomic E-state index is -1.28. The smallest absolute Gasteiger partial charge is 0.325 e. The van der Waals surface area contributed by atoms with E-state index in [4.69, 9.17) is 4.74 Å². The fourth-order valence-corrected chi connectivity index (χ4v) is 3.92. The number of carbonyl (C=O) groups is 3. The highest BCUT2D eigenvalue weighted by Crippen LogP contribution is 2.33. The Morgan fingerprint density at radius 3 is 2.19 bits per heavy atom. The molecule has 4 rings (SSSR count). The van der Waals surface area contributed by atoms with E-state index in [0.717, 1.165) is 10.5 Å². The Hall–Kier alpha value is -3.93. The fourth-order valence-electron chi connectivity index (χ4n) is 3.92. The first-order chi connectivity index (χ1) is 15.0. The molecule has 6 heteroatoms. The van der Waals surface area contributed by atoms with Crippen LogP contribution in [0.3, 0.4) is 0 Å². The third-order valence-corrected chi connectivity index (χ3v) is 5.46. The van der Waals surface area contributed by atoms with Crippen molar-refractivity contribution in [1.29, 1.82) is 0 Å². The molecule has 6 nitrogen and oxygen atoms in total. The first kappa shape index (κ1) is 20.3. The van der Waals surface area contributed by atoms with E-state index in [1.54, 1.807) is 24.3 Å². The summed E-state index contributed by atoms with van der Waals surface area (Å²) in [4.78, 5) is 40.4. The molecule has 0 aliphatic carbocycles. The van der Waals surface area contributed by atoms with E-state index < -0.39 is 17.5 Å². The van der Waals surface area contributed by atoms with E-state index >= 15 is 0 Å². The van der Waals surface area contributed by atoms with Crippen molar-refractivity contribution in [2.24, 2.45) is 0 Å². The fraction of sp³-hybridized carbons (Fsp3) is 0.160. The number of urea groups is 1. The molecule has 156 valence electrons. The normalized spacial score (nSPS) is 18.0. The number of methoxy groups -OCH3 is 1. The Morgan fingerprint density at radius 1 is 0.903 bits per heavy atom. The second-order valence-electron chi connectivity index (χ2n) is 7.38. The molecule has 1 heterocycles. The maximum absolute atomic E-state index is 13.6. The first-order valence-electron chi connectivity index (χ1n) is 9.95. The van der Waals surface area contributed by atoms with Crippen molar-refractivity contribution >= 4 is 17.7 Å². The maximum atomic E-state index is 13.6. The maximum Gasteiger partial charge on any atom is 0.325 e. The van der Waals surface area contributed by atoms with Gasteiger partial charge in [-0.3, -0.25) is 14.5 Å². The number of rotatable bonds is 7. The van der Waals surface area contributed by atoms with E-state index in [-0.39, 0.29) is 18.7 Å². The molecule has 0 saturated carbocycles. The number of nitrogens with zero attached hydrogens (tertiary/aromatic N) is 1. The lowest BCUT2D eigenvalue weighted by Gasteiger charge is -2.27. The number of benzene rings is 3. The predicted octanol–water partition coefficient (Wildman–Crippen LogP) is 3.57. The molecule has 0 bridgehead atoms. The highest BCUT2D eigenvalue weighted by molar-refractivity contribution is 6.12. The Kier molecular flexibility index (Phi) is 5.54. The van der Waals surface area contributed by atoms with Gasteiger partial charge in [-0.2, -0.15) is 0 Å². The van der Waals surface area contributed by atoms with Crippen molar-refractivity contribution in [2.45, 2.75) is 12.0 Å². The van der Waals surface area contributed by atoms with E-state index in [1.807, 2.05) is 60.7 Å². The van der Waals surface area contributed by atoms with E-state index in [9.17, 15) is 14.4 Å². The molecule has 1 atom stereocenters. The van der Waals surface area contributed by atoms with Crippen LogP contribution in [0.15, 0.2) is 84.9 Å². The summed E-state index contributed by atoms with van der Waals surface area (Å²) < 4.78 is 5.25. The van der Waals surface area contributed by atoms with Gasteiger partial charge in [-0.1, -0.05) is 72.8 Å². The van der Waals surface area contributed by atoms with Gasteiger partial charge in [0.05, 0.1) is 19.2 Å². The van der Waals surface area contributed by atoms with Crippen LogP contribution in [0.25, 0.3) is 0 Å². The van der Waals surface area contributed by atoms with Crippen LogP contribution in [0.1, 0.15) is 21.5 Å². The number of para-hydroxylation sites is 1. The largest absolute Gasteiger partial charge is 0.496 e. The molecule has 0 spiro atoms. The molecule has 1 N–H and O–H groups in total. The van der Waals surface area contributed by atoms with Crippen LogP contribution in [-0.2, 0) is 16.8 Å². The standard InChI is InChI=1S/C25H22N2O4/c1-31-22-15-9-8-14-20(22)21(28)17-27-23(29)25(26-24(27)30,19-12-6-3-7-13-19)16-18-10-4-2-5-11-18/h2-15H,16-17H2,1H3,(H,26,30). The topological polar surface area (TPSA) is 75.7 Å². The van der Waals surface area contributed by atoms with Gasteiger partial charge in [0, 0.05) is 6.42 Å². The van der Waals surface area contributed by atoms with Crippen molar-refractivity contribution in [2.75, 3.05) is 13.7 Å². The van der Waals surface area contributed by atoms with Crippen molar-refractivity contribution < 1.29 is 19.1 Å². The number of hydrogen-bond donors (Lipinski definition) is 1. The number of ether oxygens (including phenoxy) is 1. The van der Waals surface area contributed by atoms with E-state index in [1.165, 1.54) is 7.11 Å². The van der Waals surface area contributed by atoms with Crippen LogP contribution in [0.4, 0.5) is 4.79 Å². The molecule has 1 fully saturated rings. The lowest BCUT2D eigenvalue weighted by Crippen LogP contribution is -2.46. The number of hydrogen-bond acceptors (Lipinski definition) is 4. The highest BCUT2D eigenvalue weighted by atomic mass is 16.5. The molecule has 3 aromatic carbocycles. The second kappa shape index (κ2) is 8.44. The molecule has 31 heavy (non-hydrogen) atoms. The molecular formula is C25H22N2O4. The molecule has 3 aromatic rings. The van der Waals surface area contributed by atoms with E-state index in [2.05, 4.69) is 5.32 Å². The third kappa shape index (κ3) is 3.80. The average Bonchev–Trinajstić information content (AvgIpc) is 3.05. The minimum absolute atomic E-state index is 0.280. The van der Waals surface area contributed by atoms with Crippen molar-refractivity contribution in [1.82, 2.24) is 10.2 Å². The molecule has 1 aliphatic rings. The van der Waals surface area contributed by atoms with E-state index in [0.29, 0.717) is 16.9 Å². The van der Waals surface area contributed by atoms with Gasteiger partial charge in [0.1, 0.15) is 5.75 Å². The van der Waals surface area contributed by atoms with Gasteiger partial charge in [-0.25, -0.2) is 4.79 Å². The van der Waals surface area contributed by atoms with Crippen LogP contribution < -0.4 is 10.1 Å². The highest BCUT2D eigenvalue weighted by Gasteiger charge is 2.52. The van der Waals surface area contributed by atoms with Gasteiger partial charge in [0.25, 0.3) is 5.91 Å². The summed E-state index contributed by atoms with van der Waals surface area (Å²) in [6.45, 7) is -0.367. The second-order valence-corrected chi connectivity index (χ2v) is 7.38. The van der Waals surface area contributed by atoms with Gasteiger partial charge in [0.15, 0.2) is 11.3 Å². The zero-order valence-electron chi connectivity index (χ0n) is 17.1. The number of ketones is 1. The van der Waals surface area contributed by atoms with Crippen LogP contribution in [0, 0.1) is 0 Å². The predicted molar refractivity (Wildman–Crippen MR) is 116 cm³/mol. The number of nitrogens with one attached hydrogen (secondary N) is 1. The van der Waals surface area contributed by atoms with Crippen molar-refractivity contribution in [3.8, 4) is 5.75 Å². The number of amides is 3. The third-order valence-electron chi connectivity index (χ3n) is 5.46. The SMILES string of the molecule is COc1ccccc1C(=O)CN1C(=O)NC(Cc2ccccc2)(c2ccccc2)C1=O. The first-order valence-corrected chi connectivity index (χ1v) is 9.95. The molecule has 1 saturated heterocycles. The van der Waals surface area contributed by atoms with Crippen molar-refractivity contribution in [3.05, 3.63) is 102 Å². The Morgan fingerprint density at radius 2 is 1.52 bits per heavy atom. The Labute approximate surface area is 180 Å². The van der Waals surface area contributed by atoms with Crippen molar-refractivity contribution in [3.63, 3.8) is 0 Å². The van der Waals surface area contributed by atoms with Gasteiger partial charge in [-0.15, -0.1) is 0 Å². The lowest BCUT2D eigenvalue weighted by molar-refractivity contribution is -0.131. The summed E-state index contributed by atoms with van der Waals surface area (Å²) in [6, 6.07) is 24.8. The zero-order valence-corrected chi connectivity index (χ0v) is 17.1. The summed E-state index contributed by atoms with van der Waals surface area (Å²) in [6.07, 6.45) is 0.280. The molecule has 0 radical (unpaired) electrons. The summed E-state index contributed by atoms with van der Waals surface area (Å²) in [5.41, 5.74) is 0.619. The molecule has 3 amide bonds. The van der Waals surface area contributed by atoms with Crippen LogP contribution in [0.5, 0.6) is 5.75 Å². The summed E-state index contributed by atoms with van der Waals surface area (Å²) in [7, 11) is 1.47. The quantitative estimate of drug-likeness (QED) is 0.474. The Bertz CT molecular complexity index is 1110. The average molecular weight is 414 g/mol. The Balaban J connectivity index is 1.68. The number of Topliss-reactive ketones (excluding diaryl/α,β-unsaturated/α-hetero) is 1. The minimum Gasteiger partial charge on any atom is -0.496 e. The number of imide groups is 1. The summed E-state index contributed by atoms with van der Waals surface area (Å²) in [5, 5.41) is 2.87. The molecule has 1 unspecified atom stereocenters. The summed E-state index contributed by atoms with van der Waals surface area (Å²) in [5.74, 6) is -0.418. The molecular weight excluding hydrogens is 392 g/mol. The molecule has 1 aliphatic heterocycles. The van der Waals surface area contributed by atoms with Gasteiger partial charge in [-0.05, 0) is 23.3 Å². The zero-order chi connectivity index (χ0) is 21.8. The summed E-state index contributed by atoms with van der Waals surface area (Å²) >= 11 is 0. The van der Waals surface area contributed by atoms with Crippen LogP contribution >= 0.6 is 0 Å². The van der Waals surface area contributed by atoms with Gasteiger partial charge >= 0.3 is 6.03 Å². The van der Waals surface area contributed by atoms with Crippen LogP contribution in [0.2, 0.25) is 0 Å². The lowest BCUT2D eigenvalue weighted by atomic mass is 9.83. The van der Waals surface area contributed by atoms with Crippen LogP contribution in [-0.4, -0.2) is 36.3 Å².